The van der Waals surface area contributed by atoms with Gasteiger partial charge in [-0.3, -0.25) is 10.1 Å². The Morgan fingerprint density at radius 1 is 1.50 bits per heavy atom. The van der Waals surface area contributed by atoms with Crippen LogP contribution in [-0.2, 0) is 4.74 Å². The first-order valence-electron chi connectivity index (χ1n) is 5.51. The monoisotopic (exact) mass is 283 g/mol. The highest BCUT2D eigenvalue weighted by atomic mass is 16.6. The largest absolute Gasteiger partial charge is 0.478 e. The Balaban J connectivity index is 2.96. The number of amides is 1. The number of primary amides is 1. The quantitative estimate of drug-likeness (QED) is 0.402. The van der Waals surface area contributed by atoms with Crippen LogP contribution in [0.25, 0.3) is 0 Å². The number of carbonyl (C=O) groups excluding carboxylic acids is 1. The van der Waals surface area contributed by atoms with Gasteiger partial charge in [-0.15, -0.1) is 0 Å². The van der Waals surface area contributed by atoms with E-state index in [0.717, 1.165) is 6.07 Å². The van der Waals surface area contributed by atoms with Crippen LogP contribution >= 0.6 is 0 Å². The molecule has 0 heterocycles. The standard InChI is InChI=1S/C11H13N3O6/c1-6-8(13-2-3-20-11(12)17)4-7(10(15)16)5-9(6)14(18)19/h4-5,13H,2-3H2,1H3,(H2,12,17)(H,15,16). The number of anilines is 1. The highest BCUT2D eigenvalue weighted by Crippen LogP contribution is 2.27. The minimum absolute atomic E-state index is 0.0418. The van der Waals surface area contributed by atoms with Gasteiger partial charge in [0.1, 0.15) is 6.61 Å². The van der Waals surface area contributed by atoms with Crippen molar-refractivity contribution in [2.45, 2.75) is 6.92 Å². The lowest BCUT2D eigenvalue weighted by Gasteiger charge is -2.10. The SMILES string of the molecule is Cc1c(NCCOC(N)=O)cc(C(=O)O)cc1[N+](=O)[O-]. The van der Waals surface area contributed by atoms with Gasteiger partial charge in [0, 0.05) is 23.9 Å². The van der Waals surface area contributed by atoms with Gasteiger partial charge in [-0.1, -0.05) is 0 Å². The molecule has 0 saturated carbocycles. The van der Waals surface area contributed by atoms with Gasteiger partial charge in [-0.2, -0.15) is 0 Å². The van der Waals surface area contributed by atoms with Crippen molar-refractivity contribution >= 4 is 23.4 Å². The normalized spacial score (nSPS) is 9.85. The molecule has 0 unspecified atom stereocenters. The van der Waals surface area contributed by atoms with Gasteiger partial charge >= 0.3 is 12.1 Å². The fourth-order valence-corrected chi connectivity index (χ4v) is 1.53. The maximum atomic E-state index is 10.9. The first-order chi connectivity index (χ1) is 9.32. The van der Waals surface area contributed by atoms with Crippen LogP contribution in [0.3, 0.4) is 0 Å². The number of carboxylic acids is 1. The summed E-state index contributed by atoms with van der Waals surface area (Å²) in [6, 6.07) is 2.26. The van der Waals surface area contributed by atoms with Crippen LogP contribution in [0.4, 0.5) is 16.2 Å². The minimum atomic E-state index is -1.27. The summed E-state index contributed by atoms with van der Waals surface area (Å²) in [6.07, 6.45) is -0.936. The van der Waals surface area contributed by atoms with E-state index in [9.17, 15) is 19.7 Å². The molecule has 1 aromatic rings. The number of nitro benzene ring substituents is 1. The van der Waals surface area contributed by atoms with Gasteiger partial charge in [0.25, 0.3) is 5.69 Å². The summed E-state index contributed by atoms with van der Waals surface area (Å²) in [5, 5.41) is 22.5. The average molecular weight is 283 g/mol. The number of hydrogen-bond acceptors (Lipinski definition) is 6. The second-order valence-corrected chi connectivity index (χ2v) is 3.82. The molecule has 0 atom stereocenters. The van der Waals surface area contributed by atoms with Crippen LogP contribution in [0.5, 0.6) is 0 Å². The third-order valence-electron chi connectivity index (χ3n) is 2.49. The summed E-state index contributed by atoms with van der Waals surface area (Å²) in [6.45, 7) is 1.59. The molecule has 0 spiro atoms. The molecule has 0 saturated heterocycles. The van der Waals surface area contributed by atoms with Crippen molar-refractivity contribution in [3.05, 3.63) is 33.4 Å². The molecule has 0 radical (unpaired) electrons. The third kappa shape index (κ3) is 3.83. The number of aromatic carboxylic acids is 1. The van der Waals surface area contributed by atoms with E-state index in [2.05, 4.69) is 10.1 Å². The zero-order valence-electron chi connectivity index (χ0n) is 10.6. The predicted octanol–water partition coefficient (Wildman–Crippen LogP) is 1.11. The summed E-state index contributed by atoms with van der Waals surface area (Å²) >= 11 is 0. The van der Waals surface area contributed by atoms with Crippen LogP contribution in [0, 0.1) is 17.0 Å². The van der Waals surface area contributed by atoms with E-state index in [4.69, 9.17) is 10.8 Å². The number of nitro groups is 1. The summed E-state index contributed by atoms with van der Waals surface area (Å²) in [7, 11) is 0. The van der Waals surface area contributed by atoms with Crippen LogP contribution < -0.4 is 11.1 Å². The average Bonchev–Trinajstić information content (AvgIpc) is 2.35. The number of nitrogens with two attached hydrogens (primary N) is 1. The molecule has 1 rings (SSSR count). The van der Waals surface area contributed by atoms with E-state index < -0.39 is 17.0 Å². The number of carbonyl (C=O) groups is 2. The molecular formula is C11H13N3O6. The maximum absolute atomic E-state index is 10.9. The van der Waals surface area contributed by atoms with Gasteiger partial charge < -0.3 is 20.9 Å². The Morgan fingerprint density at radius 3 is 2.65 bits per heavy atom. The van der Waals surface area contributed by atoms with E-state index in [1.54, 1.807) is 0 Å². The summed E-state index contributed by atoms with van der Waals surface area (Å²) in [5.41, 5.74) is 4.84. The van der Waals surface area contributed by atoms with Crippen molar-refractivity contribution in [2.75, 3.05) is 18.5 Å². The number of carboxylic acid groups (broad SMARTS) is 1. The zero-order chi connectivity index (χ0) is 15.3. The van der Waals surface area contributed by atoms with Crippen molar-refractivity contribution < 1.29 is 24.4 Å². The molecule has 4 N–H and O–H groups in total. The second-order valence-electron chi connectivity index (χ2n) is 3.82. The number of ether oxygens (including phenoxy) is 1. The highest BCUT2D eigenvalue weighted by Gasteiger charge is 2.18. The molecule has 0 aromatic heterocycles. The van der Waals surface area contributed by atoms with E-state index in [1.807, 2.05) is 0 Å². The first kappa shape index (κ1) is 15.2. The number of nitrogens with zero attached hydrogens (tertiary/aromatic N) is 1. The summed E-state index contributed by atoms with van der Waals surface area (Å²) < 4.78 is 4.49. The number of nitrogens with one attached hydrogen (secondary N) is 1. The van der Waals surface area contributed by atoms with Crippen LogP contribution in [0.15, 0.2) is 12.1 Å². The number of rotatable bonds is 6. The maximum Gasteiger partial charge on any atom is 0.404 e. The zero-order valence-corrected chi connectivity index (χ0v) is 10.6. The van der Waals surface area contributed by atoms with E-state index in [1.165, 1.54) is 13.0 Å². The summed E-state index contributed by atoms with van der Waals surface area (Å²) in [4.78, 5) is 31.5. The van der Waals surface area contributed by atoms with Crippen molar-refractivity contribution in [1.82, 2.24) is 0 Å². The molecule has 0 aliphatic heterocycles. The van der Waals surface area contributed by atoms with E-state index in [0.29, 0.717) is 5.56 Å². The number of hydrogen-bond donors (Lipinski definition) is 3. The Bertz CT molecular complexity index is 557. The third-order valence-corrected chi connectivity index (χ3v) is 2.49. The molecule has 0 fully saturated rings. The Morgan fingerprint density at radius 2 is 2.15 bits per heavy atom. The summed E-state index contributed by atoms with van der Waals surface area (Å²) in [5.74, 6) is -1.27. The number of benzene rings is 1. The smallest absolute Gasteiger partial charge is 0.404 e. The molecule has 0 aliphatic carbocycles. The highest BCUT2D eigenvalue weighted by molar-refractivity contribution is 5.90. The first-order valence-corrected chi connectivity index (χ1v) is 5.51. The molecule has 0 bridgehead atoms. The van der Waals surface area contributed by atoms with E-state index in [-0.39, 0.29) is 30.1 Å². The van der Waals surface area contributed by atoms with Gasteiger partial charge in [0.15, 0.2) is 0 Å². The predicted molar refractivity (Wildman–Crippen MR) is 68.8 cm³/mol. The van der Waals surface area contributed by atoms with E-state index >= 15 is 0 Å². The lowest BCUT2D eigenvalue weighted by Crippen LogP contribution is -2.18. The molecule has 9 nitrogen and oxygen atoms in total. The topological polar surface area (TPSA) is 145 Å². The Hall–Kier alpha value is -2.84. The fourth-order valence-electron chi connectivity index (χ4n) is 1.53. The van der Waals surface area contributed by atoms with Gasteiger partial charge in [-0.05, 0) is 13.0 Å². The van der Waals surface area contributed by atoms with Crippen molar-refractivity contribution in [1.29, 1.82) is 0 Å². The lowest BCUT2D eigenvalue weighted by molar-refractivity contribution is -0.385. The molecule has 1 aromatic carbocycles. The Labute approximate surface area is 113 Å². The van der Waals surface area contributed by atoms with Gasteiger partial charge in [-0.25, -0.2) is 9.59 Å². The second kappa shape index (κ2) is 6.36. The fraction of sp³-hybridized carbons (Fsp3) is 0.273. The van der Waals surface area contributed by atoms with Crippen molar-refractivity contribution in [3.63, 3.8) is 0 Å². The molecule has 108 valence electrons. The molecule has 9 heteroatoms. The molecular weight excluding hydrogens is 270 g/mol. The van der Waals surface area contributed by atoms with Gasteiger partial charge in [0.2, 0.25) is 0 Å². The van der Waals surface area contributed by atoms with Crippen molar-refractivity contribution in [3.8, 4) is 0 Å². The van der Waals surface area contributed by atoms with Crippen LogP contribution in [0.2, 0.25) is 0 Å². The Kier molecular flexibility index (Phi) is 4.84. The molecule has 20 heavy (non-hydrogen) atoms. The van der Waals surface area contributed by atoms with Crippen molar-refractivity contribution in [2.24, 2.45) is 5.73 Å². The lowest BCUT2D eigenvalue weighted by atomic mass is 10.1. The van der Waals surface area contributed by atoms with Crippen LogP contribution in [-0.4, -0.2) is 35.2 Å². The minimum Gasteiger partial charge on any atom is -0.478 e. The van der Waals surface area contributed by atoms with Gasteiger partial charge in [0.05, 0.1) is 10.5 Å². The van der Waals surface area contributed by atoms with Crippen LogP contribution in [0.1, 0.15) is 15.9 Å². The molecule has 1 amide bonds. The molecule has 0 aliphatic rings.